The number of carbonyl (C=O) groups excluding carboxylic acids is 2. The van der Waals surface area contributed by atoms with E-state index in [0.29, 0.717) is 27.8 Å². The Bertz CT molecular complexity index is 973. The summed E-state index contributed by atoms with van der Waals surface area (Å²) < 4.78 is 0.706. The smallest absolute Gasteiger partial charge is 0.256 e. The van der Waals surface area contributed by atoms with Gasteiger partial charge in [-0.15, -0.1) is 0 Å². The third kappa shape index (κ3) is 6.03. The third-order valence-corrected chi connectivity index (χ3v) is 5.25. The van der Waals surface area contributed by atoms with Crippen molar-refractivity contribution in [1.29, 1.82) is 0 Å². The van der Waals surface area contributed by atoms with Gasteiger partial charge in [0.1, 0.15) is 0 Å². The fraction of sp³-hybridized carbons (Fsp3) is 0.167. The molecule has 0 spiro atoms. The Hall–Kier alpha value is -2.92. The molecule has 0 fully saturated rings. The number of unbranched alkanes of at least 4 members (excludes halogenated alkanes) is 1. The maximum atomic E-state index is 12.6. The molecule has 0 saturated carbocycles. The Morgan fingerprint density at radius 2 is 1.38 bits per heavy atom. The average Bonchev–Trinajstić information content (AvgIpc) is 2.74. The van der Waals surface area contributed by atoms with Crippen LogP contribution in [0, 0.1) is 0 Å². The summed E-state index contributed by atoms with van der Waals surface area (Å²) in [7, 11) is 0. The topological polar surface area (TPSA) is 58.2 Å². The minimum Gasteiger partial charge on any atom is -0.352 e. The largest absolute Gasteiger partial charge is 0.352 e. The first kappa shape index (κ1) is 20.8. The van der Waals surface area contributed by atoms with E-state index < -0.39 is 0 Å². The highest BCUT2D eigenvalue weighted by Crippen LogP contribution is 2.20. The molecule has 0 heterocycles. The molecule has 0 radical (unpaired) electrons. The minimum atomic E-state index is -0.263. The van der Waals surface area contributed by atoms with Gasteiger partial charge in [0.05, 0.1) is 16.8 Å². The standard InChI is InChI=1S/C24H23BrN2O2/c25-21-15-6-4-13-19(21)24(29)27-22-16-7-5-14-20(22)23(28)26-17-9-8-12-18-10-2-1-3-11-18/h1-7,10-11,13-16H,8-9,12,17H2,(H,26,28)(H,27,29). The lowest BCUT2D eigenvalue weighted by atomic mass is 10.1. The summed E-state index contributed by atoms with van der Waals surface area (Å²) in [6, 6.07) is 24.5. The zero-order valence-corrected chi connectivity index (χ0v) is 17.6. The van der Waals surface area contributed by atoms with Crippen LogP contribution in [-0.4, -0.2) is 18.4 Å². The number of anilines is 1. The lowest BCUT2D eigenvalue weighted by molar-refractivity contribution is 0.0954. The van der Waals surface area contributed by atoms with Crippen LogP contribution >= 0.6 is 15.9 Å². The number of para-hydroxylation sites is 1. The first-order valence-electron chi connectivity index (χ1n) is 9.62. The molecule has 4 nitrogen and oxygen atoms in total. The van der Waals surface area contributed by atoms with E-state index in [1.807, 2.05) is 30.3 Å². The van der Waals surface area contributed by atoms with E-state index in [4.69, 9.17) is 0 Å². The molecule has 0 saturated heterocycles. The van der Waals surface area contributed by atoms with Crippen molar-refractivity contribution in [2.75, 3.05) is 11.9 Å². The number of nitrogens with one attached hydrogen (secondary N) is 2. The maximum absolute atomic E-state index is 12.6. The van der Waals surface area contributed by atoms with Gasteiger partial charge < -0.3 is 10.6 Å². The summed E-state index contributed by atoms with van der Waals surface area (Å²) in [5.74, 6) is -0.451. The summed E-state index contributed by atoms with van der Waals surface area (Å²) in [6.45, 7) is 0.595. The first-order chi connectivity index (χ1) is 14.1. The second-order valence-electron chi connectivity index (χ2n) is 6.68. The lowest BCUT2D eigenvalue weighted by Gasteiger charge is -2.12. The van der Waals surface area contributed by atoms with Gasteiger partial charge in [0.2, 0.25) is 0 Å². The molecule has 29 heavy (non-hydrogen) atoms. The Balaban J connectivity index is 1.54. The summed E-state index contributed by atoms with van der Waals surface area (Å²) >= 11 is 3.38. The van der Waals surface area contributed by atoms with E-state index in [1.54, 1.807) is 36.4 Å². The maximum Gasteiger partial charge on any atom is 0.256 e. The molecule has 2 amide bonds. The van der Waals surface area contributed by atoms with Gasteiger partial charge in [0.15, 0.2) is 0 Å². The molecule has 3 aromatic carbocycles. The van der Waals surface area contributed by atoms with Crippen LogP contribution in [0.4, 0.5) is 5.69 Å². The predicted octanol–water partition coefficient (Wildman–Crippen LogP) is 5.45. The Kier molecular flexibility index (Phi) is 7.59. The summed E-state index contributed by atoms with van der Waals surface area (Å²) in [6.07, 6.45) is 2.89. The van der Waals surface area contributed by atoms with Crippen molar-refractivity contribution in [1.82, 2.24) is 5.32 Å². The molecule has 2 N–H and O–H groups in total. The molecule has 3 aromatic rings. The van der Waals surface area contributed by atoms with Crippen molar-refractivity contribution in [3.05, 3.63) is 100 Å². The summed E-state index contributed by atoms with van der Waals surface area (Å²) in [5.41, 5.74) is 2.77. The van der Waals surface area contributed by atoms with E-state index in [1.165, 1.54) is 5.56 Å². The van der Waals surface area contributed by atoms with Crippen molar-refractivity contribution in [3.8, 4) is 0 Å². The van der Waals surface area contributed by atoms with E-state index >= 15 is 0 Å². The van der Waals surface area contributed by atoms with E-state index in [0.717, 1.165) is 19.3 Å². The van der Waals surface area contributed by atoms with Crippen LogP contribution in [0.2, 0.25) is 0 Å². The third-order valence-electron chi connectivity index (χ3n) is 4.56. The number of aryl methyl sites for hydroxylation is 1. The van der Waals surface area contributed by atoms with Crippen LogP contribution < -0.4 is 10.6 Å². The molecular weight excluding hydrogens is 428 g/mol. The highest BCUT2D eigenvalue weighted by Gasteiger charge is 2.15. The molecule has 0 aliphatic rings. The summed E-state index contributed by atoms with van der Waals surface area (Å²) in [5, 5.41) is 5.79. The van der Waals surface area contributed by atoms with Gasteiger partial charge >= 0.3 is 0 Å². The van der Waals surface area contributed by atoms with E-state index in [-0.39, 0.29) is 11.8 Å². The number of rotatable bonds is 8. The fourth-order valence-electron chi connectivity index (χ4n) is 3.02. The quantitative estimate of drug-likeness (QED) is 0.448. The molecule has 0 atom stereocenters. The first-order valence-corrected chi connectivity index (χ1v) is 10.4. The zero-order chi connectivity index (χ0) is 20.5. The number of carbonyl (C=O) groups is 2. The molecular formula is C24H23BrN2O2. The van der Waals surface area contributed by atoms with Gasteiger partial charge in [-0.1, -0.05) is 54.6 Å². The SMILES string of the molecule is O=C(Nc1ccccc1C(=O)NCCCCc1ccccc1)c1ccccc1Br. The molecule has 0 aliphatic heterocycles. The normalized spacial score (nSPS) is 10.4. The van der Waals surface area contributed by atoms with Crippen LogP contribution in [0.1, 0.15) is 39.1 Å². The second kappa shape index (κ2) is 10.6. The Morgan fingerprint density at radius 1 is 0.724 bits per heavy atom. The molecule has 0 unspecified atom stereocenters. The molecule has 0 bridgehead atoms. The zero-order valence-electron chi connectivity index (χ0n) is 16.0. The number of halogens is 1. The molecule has 0 aliphatic carbocycles. The van der Waals surface area contributed by atoms with Gasteiger partial charge in [-0.2, -0.15) is 0 Å². The van der Waals surface area contributed by atoms with Gasteiger partial charge in [-0.05, 0) is 65.0 Å². The van der Waals surface area contributed by atoms with E-state index in [2.05, 4.69) is 38.7 Å². The van der Waals surface area contributed by atoms with Crippen molar-refractivity contribution in [3.63, 3.8) is 0 Å². The summed E-state index contributed by atoms with van der Waals surface area (Å²) in [4.78, 5) is 25.2. The number of benzene rings is 3. The van der Waals surface area contributed by atoms with E-state index in [9.17, 15) is 9.59 Å². The molecule has 3 rings (SSSR count). The van der Waals surface area contributed by atoms with Gasteiger partial charge in [0, 0.05) is 11.0 Å². The molecule has 148 valence electrons. The van der Waals surface area contributed by atoms with Crippen molar-refractivity contribution in [2.45, 2.75) is 19.3 Å². The Labute approximate surface area is 179 Å². The Morgan fingerprint density at radius 3 is 2.14 bits per heavy atom. The highest BCUT2D eigenvalue weighted by molar-refractivity contribution is 9.10. The predicted molar refractivity (Wildman–Crippen MR) is 120 cm³/mol. The van der Waals surface area contributed by atoms with Crippen molar-refractivity contribution >= 4 is 33.4 Å². The number of amides is 2. The van der Waals surface area contributed by atoms with Crippen molar-refractivity contribution in [2.24, 2.45) is 0 Å². The van der Waals surface area contributed by atoms with Gasteiger partial charge in [0.25, 0.3) is 11.8 Å². The molecule has 0 aromatic heterocycles. The fourth-order valence-corrected chi connectivity index (χ4v) is 3.49. The van der Waals surface area contributed by atoms with Crippen LogP contribution in [0.25, 0.3) is 0 Å². The number of hydrogen-bond acceptors (Lipinski definition) is 2. The number of hydrogen-bond donors (Lipinski definition) is 2. The van der Waals surface area contributed by atoms with Crippen LogP contribution in [0.5, 0.6) is 0 Å². The van der Waals surface area contributed by atoms with Crippen molar-refractivity contribution < 1.29 is 9.59 Å². The minimum absolute atomic E-state index is 0.187. The second-order valence-corrected chi connectivity index (χ2v) is 7.53. The van der Waals surface area contributed by atoms with Crippen LogP contribution in [0.15, 0.2) is 83.3 Å². The lowest BCUT2D eigenvalue weighted by Crippen LogP contribution is -2.26. The van der Waals surface area contributed by atoms with Gasteiger partial charge in [-0.25, -0.2) is 0 Å². The monoisotopic (exact) mass is 450 g/mol. The van der Waals surface area contributed by atoms with Crippen LogP contribution in [0.3, 0.4) is 0 Å². The highest BCUT2D eigenvalue weighted by atomic mass is 79.9. The van der Waals surface area contributed by atoms with Crippen LogP contribution in [-0.2, 0) is 6.42 Å². The molecule has 5 heteroatoms. The average molecular weight is 451 g/mol. The van der Waals surface area contributed by atoms with Gasteiger partial charge in [-0.3, -0.25) is 9.59 Å².